The van der Waals surface area contributed by atoms with Crippen molar-refractivity contribution in [1.29, 1.82) is 0 Å². The predicted molar refractivity (Wildman–Crippen MR) is 52.6 cm³/mol. The van der Waals surface area contributed by atoms with Gasteiger partial charge in [-0.05, 0) is 6.92 Å². The molecule has 2 rings (SSSR count). The molecule has 0 spiro atoms. The molecular formula is C8H10N4S. The number of aryl methyl sites for hydroxylation is 1. The van der Waals surface area contributed by atoms with Crippen LogP contribution in [0.1, 0.15) is 10.7 Å². The minimum atomic E-state index is 0.618. The average molecular weight is 194 g/mol. The van der Waals surface area contributed by atoms with E-state index >= 15 is 0 Å². The fourth-order valence-corrected chi connectivity index (χ4v) is 1.82. The van der Waals surface area contributed by atoms with Gasteiger partial charge in [0.05, 0.1) is 6.54 Å². The molecule has 2 N–H and O–H groups in total. The van der Waals surface area contributed by atoms with Crippen LogP contribution in [0.2, 0.25) is 0 Å². The van der Waals surface area contributed by atoms with Crippen molar-refractivity contribution in [2.75, 3.05) is 5.73 Å². The molecular weight excluding hydrogens is 184 g/mol. The van der Waals surface area contributed by atoms with Crippen LogP contribution >= 0.6 is 11.3 Å². The third kappa shape index (κ3) is 1.70. The molecule has 0 aliphatic carbocycles. The lowest BCUT2D eigenvalue weighted by molar-refractivity contribution is 0.770. The maximum atomic E-state index is 5.53. The van der Waals surface area contributed by atoms with Crippen molar-refractivity contribution < 1.29 is 0 Å². The Labute approximate surface area is 80.1 Å². The van der Waals surface area contributed by atoms with E-state index in [0.717, 1.165) is 17.2 Å². The zero-order chi connectivity index (χ0) is 9.26. The standard InChI is InChI=1S/C8H10N4S/c1-6-10-2-3-12(6)5-7-4-11-8(9)13-7/h2-4H,5H2,1H3,(H2,9,11). The lowest BCUT2D eigenvalue weighted by Crippen LogP contribution is -1.98. The first kappa shape index (κ1) is 8.25. The van der Waals surface area contributed by atoms with Crippen molar-refractivity contribution >= 4 is 16.5 Å². The van der Waals surface area contributed by atoms with E-state index in [0.29, 0.717) is 5.13 Å². The van der Waals surface area contributed by atoms with E-state index in [4.69, 9.17) is 5.73 Å². The molecule has 0 aromatic carbocycles. The molecule has 0 atom stereocenters. The van der Waals surface area contributed by atoms with E-state index in [1.54, 1.807) is 12.4 Å². The lowest BCUT2D eigenvalue weighted by Gasteiger charge is -2.00. The Bertz CT molecular complexity index is 404. The van der Waals surface area contributed by atoms with Crippen LogP contribution in [0.4, 0.5) is 5.13 Å². The van der Waals surface area contributed by atoms with Gasteiger partial charge in [-0.3, -0.25) is 0 Å². The molecule has 13 heavy (non-hydrogen) atoms. The van der Waals surface area contributed by atoms with Crippen LogP contribution in [0.25, 0.3) is 0 Å². The van der Waals surface area contributed by atoms with Gasteiger partial charge in [-0.25, -0.2) is 9.97 Å². The Morgan fingerprint density at radius 3 is 2.92 bits per heavy atom. The van der Waals surface area contributed by atoms with Gasteiger partial charge in [-0.2, -0.15) is 0 Å². The van der Waals surface area contributed by atoms with Gasteiger partial charge < -0.3 is 10.3 Å². The summed E-state index contributed by atoms with van der Waals surface area (Å²) in [6.07, 6.45) is 5.55. The smallest absolute Gasteiger partial charge is 0.180 e. The predicted octanol–water partition coefficient (Wildman–Crippen LogP) is 1.28. The highest BCUT2D eigenvalue weighted by molar-refractivity contribution is 7.15. The van der Waals surface area contributed by atoms with Crippen LogP contribution in [0.5, 0.6) is 0 Å². The second-order valence-electron chi connectivity index (χ2n) is 2.77. The number of rotatable bonds is 2. The molecule has 0 saturated heterocycles. The molecule has 5 heteroatoms. The van der Waals surface area contributed by atoms with Crippen molar-refractivity contribution in [3.05, 3.63) is 29.3 Å². The summed E-state index contributed by atoms with van der Waals surface area (Å²) < 4.78 is 2.06. The normalized spacial score (nSPS) is 10.5. The van der Waals surface area contributed by atoms with Crippen molar-refractivity contribution in [3.63, 3.8) is 0 Å². The van der Waals surface area contributed by atoms with Gasteiger partial charge in [0.25, 0.3) is 0 Å². The number of nitrogen functional groups attached to an aromatic ring is 1. The third-order valence-corrected chi connectivity index (χ3v) is 2.63. The van der Waals surface area contributed by atoms with Gasteiger partial charge in [0.15, 0.2) is 5.13 Å². The van der Waals surface area contributed by atoms with Crippen molar-refractivity contribution in [2.45, 2.75) is 13.5 Å². The van der Waals surface area contributed by atoms with Crippen LogP contribution in [-0.4, -0.2) is 14.5 Å². The molecule has 0 aliphatic rings. The number of nitrogens with two attached hydrogens (primary N) is 1. The van der Waals surface area contributed by atoms with Crippen LogP contribution in [0.15, 0.2) is 18.6 Å². The first-order valence-electron chi connectivity index (χ1n) is 3.93. The highest BCUT2D eigenvalue weighted by Crippen LogP contribution is 2.15. The highest BCUT2D eigenvalue weighted by Gasteiger charge is 2.01. The molecule has 0 bridgehead atoms. The number of anilines is 1. The van der Waals surface area contributed by atoms with Gasteiger partial charge in [0.1, 0.15) is 5.82 Å². The maximum absolute atomic E-state index is 5.53. The minimum Gasteiger partial charge on any atom is -0.375 e. The van der Waals surface area contributed by atoms with E-state index in [-0.39, 0.29) is 0 Å². The monoisotopic (exact) mass is 194 g/mol. The summed E-state index contributed by atoms with van der Waals surface area (Å²) in [5.41, 5.74) is 5.53. The topological polar surface area (TPSA) is 56.7 Å². The molecule has 2 aromatic rings. The Hall–Kier alpha value is -1.36. The molecule has 0 amide bonds. The second kappa shape index (κ2) is 3.18. The van der Waals surface area contributed by atoms with E-state index in [1.807, 2.05) is 13.1 Å². The lowest BCUT2D eigenvalue weighted by atomic mass is 10.5. The zero-order valence-corrected chi connectivity index (χ0v) is 8.08. The van der Waals surface area contributed by atoms with Gasteiger partial charge in [-0.15, -0.1) is 11.3 Å². The number of nitrogens with zero attached hydrogens (tertiary/aromatic N) is 3. The summed E-state index contributed by atoms with van der Waals surface area (Å²) >= 11 is 1.51. The number of thiazole rings is 1. The van der Waals surface area contributed by atoms with E-state index in [1.165, 1.54) is 11.3 Å². The molecule has 0 unspecified atom stereocenters. The number of aromatic nitrogens is 3. The summed E-state index contributed by atoms with van der Waals surface area (Å²) in [7, 11) is 0. The largest absolute Gasteiger partial charge is 0.375 e. The van der Waals surface area contributed by atoms with Crippen molar-refractivity contribution in [2.24, 2.45) is 0 Å². The van der Waals surface area contributed by atoms with E-state index in [2.05, 4.69) is 14.5 Å². The molecule has 68 valence electrons. The van der Waals surface area contributed by atoms with Crippen molar-refractivity contribution in [1.82, 2.24) is 14.5 Å². The van der Waals surface area contributed by atoms with Crippen LogP contribution < -0.4 is 5.73 Å². The second-order valence-corrected chi connectivity index (χ2v) is 3.91. The van der Waals surface area contributed by atoms with Crippen LogP contribution in [0.3, 0.4) is 0 Å². The number of hydrogen-bond donors (Lipinski definition) is 1. The Balaban J connectivity index is 2.19. The minimum absolute atomic E-state index is 0.618. The quantitative estimate of drug-likeness (QED) is 0.783. The molecule has 4 nitrogen and oxygen atoms in total. The third-order valence-electron chi connectivity index (χ3n) is 1.82. The Morgan fingerprint density at radius 1 is 1.54 bits per heavy atom. The zero-order valence-electron chi connectivity index (χ0n) is 7.27. The maximum Gasteiger partial charge on any atom is 0.180 e. The summed E-state index contributed by atoms with van der Waals surface area (Å²) in [5, 5.41) is 0.618. The molecule has 2 heterocycles. The molecule has 0 fully saturated rings. The molecule has 0 saturated carbocycles. The van der Waals surface area contributed by atoms with Gasteiger partial charge >= 0.3 is 0 Å². The van der Waals surface area contributed by atoms with Crippen LogP contribution in [0, 0.1) is 6.92 Å². The van der Waals surface area contributed by atoms with Crippen molar-refractivity contribution in [3.8, 4) is 0 Å². The summed E-state index contributed by atoms with van der Waals surface area (Å²) in [6.45, 7) is 2.78. The molecule has 0 aliphatic heterocycles. The highest BCUT2D eigenvalue weighted by atomic mass is 32.1. The Kier molecular flexibility index (Phi) is 2.02. The van der Waals surface area contributed by atoms with Crippen LogP contribution in [-0.2, 0) is 6.54 Å². The van der Waals surface area contributed by atoms with Gasteiger partial charge in [0, 0.05) is 23.5 Å². The first-order chi connectivity index (χ1) is 6.25. The SMILES string of the molecule is Cc1nccn1Cc1cnc(N)s1. The summed E-state index contributed by atoms with van der Waals surface area (Å²) in [6, 6.07) is 0. The molecule has 2 aromatic heterocycles. The fraction of sp³-hybridized carbons (Fsp3) is 0.250. The van der Waals surface area contributed by atoms with Gasteiger partial charge in [0.2, 0.25) is 0 Å². The molecule has 0 radical (unpaired) electrons. The summed E-state index contributed by atoms with van der Waals surface area (Å²) in [4.78, 5) is 9.28. The summed E-state index contributed by atoms with van der Waals surface area (Å²) in [5.74, 6) is 1.01. The average Bonchev–Trinajstić information content (AvgIpc) is 2.64. The van der Waals surface area contributed by atoms with E-state index in [9.17, 15) is 0 Å². The van der Waals surface area contributed by atoms with E-state index < -0.39 is 0 Å². The first-order valence-corrected chi connectivity index (χ1v) is 4.75. The fourth-order valence-electron chi connectivity index (χ4n) is 1.13. The number of hydrogen-bond acceptors (Lipinski definition) is 4. The van der Waals surface area contributed by atoms with Gasteiger partial charge in [-0.1, -0.05) is 0 Å². The number of imidazole rings is 1. The Morgan fingerprint density at radius 2 is 2.38 bits per heavy atom.